The molecule has 2 fully saturated rings. The van der Waals surface area contributed by atoms with Crippen LogP contribution >= 0.6 is 0 Å². The zero-order valence-electron chi connectivity index (χ0n) is 10.9. The highest BCUT2D eigenvalue weighted by molar-refractivity contribution is 5.48. The van der Waals surface area contributed by atoms with Gasteiger partial charge in [-0.25, -0.2) is 9.97 Å². The molecule has 2 heterocycles. The lowest BCUT2D eigenvalue weighted by Crippen LogP contribution is -2.27. The topological polar surface area (TPSA) is 53.1 Å². The molecule has 5 heteroatoms. The van der Waals surface area contributed by atoms with Gasteiger partial charge in [-0.1, -0.05) is 0 Å². The predicted octanol–water partition coefficient (Wildman–Crippen LogP) is 1.10. The van der Waals surface area contributed by atoms with Crippen molar-refractivity contribution in [2.75, 3.05) is 36.9 Å². The Hall–Kier alpha value is -1.36. The van der Waals surface area contributed by atoms with Gasteiger partial charge >= 0.3 is 0 Å². The van der Waals surface area contributed by atoms with Crippen molar-refractivity contribution in [1.29, 1.82) is 0 Å². The molecule has 1 saturated carbocycles. The molecular weight excluding hydrogens is 226 g/mol. The molecule has 1 atom stereocenters. The molecule has 98 valence electrons. The highest BCUT2D eigenvalue weighted by Crippen LogP contribution is 2.24. The van der Waals surface area contributed by atoms with E-state index in [2.05, 4.69) is 38.6 Å². The lowest BCUT2D eigenvalue weighted by atomic mass is 10.1. The summed E-state index contributed by atoms with van der Waals surface area (Å²) in [7, 11) is 2.11. The van der Waals surface area contributed by atoms with Crippen molar-refractivity contribution in [1.82, 2.24) is 15.3 Å². The Bertz CT molecular complexity index is 398. The van der Waals surface area contributed by atoms with Gasteiger partial charge in [0.2, 0.25) is 0 Å². The second-order valence-corrected chi connectivity index (χ2v) is 5.42. The maximum absolute atomic E-state index is 4.36. The molecule has 0 spiro atoms. The minimum absolute atomic E-state index is 0.636. The smallest absolute Gasteiger partial charge is 0.133 e. The van der Waals surface area contributed by atoms with Gasteiger partial charge in [0, 0.05) is 25.7 Å². The number of nitrogens with one attached hydrogen (secondary N) is 2. The maximum atomic E-state index is 4.36. The van der Waals surface area contributed by atoms with Gasteiger partial charge < -0.3 is 15.5 Å². The Balaban J connectivity index is 1.62. The van der Waals surface area contributed by atoms with Gasteiger partial charge in [0.15, 0.2) is 0 Å². The first kappa shape index (κ1) is 11.7. The maximum Gasteiger partial charge on any atom is 0.133 e. The minimum atomic E-state index is 0.636. The standard InChI is InChI=1S/C13H21N5/c1-18(8-10-4-5-14-7-10)13-6-12(15-9-16-13)17-11-2-3-11/h6,9-11,14H,2-5,7-8H2,1H3,(H,15,16,17). The quantitative estimate of drug-likeness (QED) is 0.816. The van der Waals surface area contributed by atoms with Crippen LogP contribution in [0.3, 0.4) is 0 Å². The van der Waals surface area contributed by atoms with Gasteiger partial charge in [0.25, 0.3) is 0 Å². The fourth-order valence-electron chi connectivity index (χ4n) is 2.42. The number of nitrogens with zero attached hydrogens (tertiary/aromatic N) is 3. The lowest BCUT2D eigenvalue weighted by Gasteiger charge is -2.21. The van der Waals surface area contributed by atoms with Gasteiger partial charge in [-0.05, 0) is 38.3 Å². The van der Waals surface area contributed by atoms with E-state index in [-0.39, 0.29) is 0 Å². The fraction of sp³-hybridized carbons (Fsp3) is 0.692. The van der Waals surface area contributed by atoms with E-state index in [4.69, 9.17) is 0 Å². The van der Waals surface area contributed by atoms with Crippen molar-refractivity contribution in [3.63, 3.8) is 0 Å². The van der Waals surface area contributed by atoms with Crippen LogP contribution in [0.2, 0.25) is 0 Å². The SMILES string of the molecule is CN(CC1CCNC1)c1cc(NC2CC2)ncn1. The van der Waals surface area contributed by atoms with E-state index in [9.17, 15) is 0 Å². The highest BCUT2D eigenvalue weighted by Gasteiger charge is 2.22. The Morgan fingerprint density at radius 3 is 3.00 bits per heavy atom. The zero-order valence-corrected chi connectivity index (χ0v) is 10.9. The van der Waals surface area contributed by atoms with E-state index < -0.39 is 0 Å². The molecule has 3 rings (SSSR count). The van der Waals surface area contributed by atoms with Crippen LogP contribution in [0.15, 0.2) is 12.4 Å². The molecule has 18 heavy (non-hydrogen) atoms. The van der Waals surface area contributed by atoms with Gasteiger partial charge in [0.05, 0.1) is 0 Å². The van der Waals surface area contributed by atoms with E-state index in [1.165, 1.54) is 19.3 Å². The van der Waals surface area contributed by atoms with E-state index >= 15 is 0 Å². The normalized spacial score (nSPS) is 23.1. The summed E-state index contributed by atoms with van der Waals surface area (Å²) in [5.41, 5.74) is 0. The summed E-state index contributed by atoms with van der Waals surface area (Å²) < 4.78 is 0. The van der Waals surface area contributed by atoms with Crippen LogP contribution in [0, 0.1) is 5.92 Å². The summed E-state index contributed by atoms with van der Waals surface area (Å²) in [6.07, 6.45) is 5.46. The number of anilines is 2. The fourth-order valence-corrected chi connectivity index (χ4v) is 2.42. The molecule has 0 amide bonds. The first-order valence-electron chi connectivity index (χ1n) is 6.82. The molecular formula is C13H21N5. The third kappa shape index (κ3) is 2.90. The summed E-state index contributed by atoms with van der Waals surface area (Å²) >= 11 is 0. The van der Waals surface area contributed by atoms with Crippen LogP contribution in [0.5, 0.6) is 0 Å². The van der Waals surface area contributed by atoms with Crippen LogP contribution in [0.1, 0.15) is 19.3 Å². The van der Waals surface area contributed by atoms with Gasteiger partial charge in [0.1, 0.15) is 18.0 Å². The third-order valence-electron chi connectivity index (χ3n) is 3.67. The summed E-state index contributed by atoms with van der Waals surface area (Å²) in [4.78, 5) is 10.9. The summed E-state index contributed by atoms with van der Waals surface area (Å²) in [5.74, 6) is 2.71. The lowest BCUT2D eigenvalue weighted by molar-refractivity contribution is 0.575. The molecule has 1 aliphatic heterocycles. The molecule has 2 N–H and O–H groups in total. The van der Waals surface area contributed by atoms with E-state index in [0.29, 0.717) is 6.04 Å². The van der Waals surface area contributed by atoms with Crippen molar-refractivity contribution in [2.45, 2.75) is 25.3 Å². The highest BCUT2D eigenvalue weighted by atomic mass is 15.2. The van der Waals surface area contributed by atoms with E-state index in [0.717, 1.165) is 37.2 Å². The monoisotopic (exact) mass is 247 g/mol. The average molecular weight is 247 g/mol. The first-order chi connectivity index (χ1) is 8.81. The molecule has 1 saturated heterocycles. The van der Waals surface area contributed by atoms with Gasteiger partial charge in [-0.3, -0.25) is 0 Å². The van der Waals surface area contributed by atoms with Gasteiger partial charge in [-0.2, -0.15) is 0 Å². The zero-order chi connectivity index (χ0) is 12.4. The molecule has 1 aromatic heterocycles. The second kappa shape index (κ2) is 5.10. The van der Waals surface area contributed by atoms with E-state index in [1.54, 1.807) is 6.33 Å². The van der Waals surface area contributed by atoms with Crippen molar-refractivity contribution < 1.29 is 0 Å². The van der Waals surface area contributed by atoms with E-state index in [1.807, 2.05) is 0 Å². The third-order valence-corrected chi connectivity index (χ3v) is 3.67. The van der Waals surface area contributed by atoms with Gasteiger partial charge in [-0.15, -0.1) is 0 Å². The molecule has 1 unspecified atom stereocenters. The number of rotatable bonds is 5. The van der Waals surface area contributed by atoms with Crippen LogP contribution in [-0.2, 0) is 0 Å². The van der Waals surface area contributed by atoms with Crippen LogP contribution < -0.4 is 15.5 Å². The van der Waals surface area contributed by atoms with Crippen molar-refractivity contribution >= 4 is 11.6 Å². The summed E-state index contributed by atoms with van der Waals surface area (Å²) in [6, 6.07) is 2.69. The Labute approximate surface area is 108 Å². The first-order valence-corrected chi connectivity index (χ1v) is 6.82. The molecule has 2 aliphatic rings. The van der Waals surface area contributed by atoms with Crippen LogP contribution in [0.4, 0.5) is 11.6 Å². The molecule has 0 bridgehead atoms. The second-order valence-electron chi connectivity index (χ2n) is 5.42. The number of hydrogen-bond donors (Lipinski definition) is 2. The molecule has 1 aliphatic carbocycles. The van der Waals surface area contributed by atoms with Crippen molar-refractivity contribution in [2.24, 2.45) is 5.92 Å². The van der Waals surface area contributed by atoms with Crippen molar-refractivity contribution in [3.05, 3.63) is 12.4 Å². The predicted molar refractivity (Wildman–Crippen MR) is 72.9 cm³/mol. The number of hydrogen-bond acceptors (Lipinski definition) is 5. The minimum Gasteiger partial charge on any atom is -0.367 e. The molecule has 0 radical (unpaired) electrons. The number of aromatic nitrogens is 2. The summed E-state index contributed by atoms with van der Waals surface area (Å²) in [5, 5.41) is 6.82. The molecule has 5 nitrogen and oxygen atoms in total. The largest absolute Gasteiger partial charge is 0.367 e. The molecule has 0 aromatic carbocycles. The van der Waals surface area contributed by atoms with Crippen LogP contribution in [0.25, 0.3) is 0 Å². The van der Waals surface area contributed by atoms with Crippen molar-refractivity contribution in [3.8, 4) is 0 Å². The van der Waals surface area contributed by atoms with Crippen LogP contribution in [-0.4, -0.2) is 42.7 Å². The Morgan fingerprint density at radius 1 is 1.39 bits per heavy atom. The summed E-state index contributed by atoms with van der Waals surface area (Å²) in [6.45, 7) is 3.34. The molecule has 1 aromatic rings. The Morgan fingerprint density at radius 2 is 2.28 bits per heavy atom. The Kier molecular flexibility index (Phi) is 3.32. The average Bonchev–Trinajstić information content (AvgIpc) is 3.04.